The van der Waals surface area contributed by atoms with Crippen LogP contribution in [0.1, 0.15) is 33.1 Å². The minimum Gasteiger partial charge on any atom is -0.344 e. The van der Waals surface area contributed by atoms with E-state index in [0.717, 1.165) is 35.9 Å². The summed E-state index contributed by atoms with van der Waals surface area (Å²) in [6, 6.07) is 14.5. The third-order valence-corrected chi connectivity index (χ3v) is 4.67. The highest BCUT2D eigenvalue weighted by Gasteiger charge is 2.11. The molecule has 0 saturated heterocycles. The summed E-state index contributed by atoms with van der Waals surface area (Å²) in [6.07, 6.45) is 9.13. The first-order valence-electron chi connectivity index (χ1n) is 9.39. The molecule has 1 aliphatic rings. The molecule has 3 nitrogen and oxygen atoms in total. The van der Waals surface area contributed by atoms with Crippen molar-refractivity contribution in [2.24, 2.45) is 7.05 Å². The summed E-state index contributed by atoms with van der Waals surface area (Å²) in [5.74, 6) is -0.0345. The van der Waals surface area contributed by atoms with Crippen LogP contribution < -0.4 is 5.32 Å². The average Bonchev–Trinajstić information content (AvgIpc) is 2.87. The molecule has 0 unspecified atom stereocenters. The molecule has 0 aliphatic heterocycles. The van der Waals surface area contributed by atoms with Gasteiger partial charge in [0.2, 0.25) is 0 Å². The Bertz CT molecular complexity index is 992. The van der Waals surface area contributed by atoms with E-state index in [0.29, 0.717) is 0 Å². The third kappa shape index (κ3) is 3.43. The molecule has 0 spiro atoms. The molecule has 2 aromatic carbocycles. The molecule has 0 atom stereocenters. The van der Waals surface area contributed by atoms with E-state index in [2.05, 4.69) is 53.3 Å². The van der Waals surface area contributed by atoms with Crippen LogP contribution in [0, 0.1) is 0 Å². The van der Waals surface area contributed by atoms with Crippen molar-refractivity contribution in [2.75, 3.05) is 5.32 Å². The number of nitrogens with one attached hydrogen (secondary N) is 1. The van der Waals surface area contributed by atoms with Crippen LogP contribution in [0.2, 0.25) is 0 Å². The van der Waals surface area contributed by atoms with Gasteiger partial charge in [0.25, 0.3) is 5.91 Å². The Hall–Kier alpha value is -2.81. The van der Waals surface area contributed by atoms with E-state index in [1.165, 1.54) is 16.4 Å². The van der Waals surface area contributed by atoms with Gasteiger partial charge >= 0.3 is 0 Å². The van der Waals surface area contributed by atoms with Crippen LogP contribution in [0.4, 0.5) is 5.69 Å². The number of hydrogen-bond donors (Lipinski definition) is 1. The lowest BCUT2D eigenvalue weighted by Gasteiger charge is -2.06. The molecule has 3 aromatic rings. The number of aryl methyl sites for hydroxylation is 1. The van der Waals surface area contributed by atoms with Crippen LogP contribution in [0.5, 0.6) is 0 Å². The van der Waals surface area contributed by atoms with Gasteiger partial charge in [-0.1, -0.05) is 50.3 Å². The monoisotopic (exact) mass is 346 g/mol. The largest absolute Gasteiger partial charge is 0.344 e. The van der Waals surface area contributed by atoms with Gasteiger partial charge in [-0.05, 0) is 43.5 Å². The average molecular weight is 346 g/mol. The molecular weight excluding hydrogens is 320 g/mol. The molecule has 26 heavy (non-hydrogen) atoms. The highest BCUT2D eigenvalue weighted by molar-refractivity contribution is 6.11. The maximum Gasteiger partial charge on any atom is 0.255 e. The number of amides is 1. The van der Waals surface area contributed by atoms with Crippen LogP contribution in [0.25, 0.3) is 21.8 Å². The molecule has 1 aromatic heterocycles. The lowest BCUT2D eigenvalue weighted by molar-refractivity contribution is -0.112. The zero-order chi connectivity index (χ0) is 18.5. The second-order valence-electron chi connectivity index (χ2n) is 6.25. The molecule has 0 radical (unpaired) electrons. The molecule has 134 valence electrons. The Morgan fingerprint density at radius 1 is 1.00 bits per heavy atom. The molecule has 3 heteroatoms. The van der Waals surface area contributed by atoms with Gasteiger partial charge in [0.1, 0.15) is 0 Å². The van der Waals surface area contributed by atoms with Crippen LogP contribution >= 0.6 is 0 Å². The Balaban J connectivity index is 0.000000948. The van der Waals surface area contributed by atoms with Crippen molar-refractivity contribution in [2.45, 2.75) is 33.1 Å². The smallest absolute Gasteiger partial charge is 0.255 e. The normalized spacial score (nSPS) is 13.7. The number of para-hydroxylation sites is 1. The fourth-order valence-electron chi connectivity index (χ4n) is 3.39. The van der Waals surface area contributed by atoms with Crippen LogP contribution in [-0.2, 0) is 11.8 Å². The lowest BCUT2D eigenvalue weighted by Crippen LogP contribution is -2.13. The summed E-state index contributed by atoms with van der Waals surface area (Å²) in [7, 11) is 2.07. The predicted molar refractivity (Wildman–Crippen MR) is 111 cm³/mol. The first-order valence-corrected chi connectivity index (χ1v) is 9.39. The standard InChI is InChI=1S/C21H20N2O.C2H6/c1-23-19-11-7-6-10-17(19)18-14-16(12-13-20(18)23)22-21(24)15-8-4-2-3-5-9-15;1-2/h4,6-14H,2-3,5H2,1H3,(H,22,24);1-2H3. The Morgan fingerprint density at radius 3 is 2.62 bits per heavy atom. The molecular formula is C23H26N2O. The molecule has 1 N–H and O–H groups in total. The molecule has 0 fully saturated rings. The predicted octanol–water partition coefficient (Wildman–Crippen LogP) is 5.96. The zero-order valence-corrected chi connectivity index (χ0v) is 15.8. The van der Waals surface area contributed by atoms with Gasteiger partial charge < -0.3 is 9.88 Å². The van der Waals surface area contributed by atoms with E-state index < -0.39 is 0 Å². The molecule has 1 amide bonds. The first kappa shape index (κ1) is 18.0. The van der Waals surface area contributed by atoms with Crippen molar-refractivity contribution < 1.29 is 4.79 Å². The molecule has 4 rings (SSSR count). The van der Waals surface area contributed by atoms with Crippen LogP contribution in [-0.4, -0.2) is 10.5 Å². The summed E-state index contributed by atoms with van der Waals surface area (Å²) in [6.45, 7) is 4.00. The van der Waals surface area contributed by atoms with Gasteiger partial charge in [-0.15, -0.1) is 0 Å². The fraction of sp³-hybridized carbons (Fsp3) is 0.261. The Kier molecular flexibility index (Phi) is 5.57. The summed E-state index contributed by atoms with van der Waals surface area (Å²) in [4.78, 5) is 12.5. The minimum atomic E-state index is -0.0345. The number of carbonyl (C=O) groups excluding carboxylic acids is 1. The van der Waals surface area contributed by atoms with Gasteiger partial charge in [0.05, 0.1) is 0 Å². The van der Waals surface area contributed by atoms with Gasteiger partial charge in [-0.3, -0.25) is 4.79 Å². The van der Waals surface area contributed by atoms with Crippen molar-refractivity contribution in [3.63, 3.8) is 0 Å². The minimum absolute atomic E-state index is 0.0345. The summed E-state index contributed by atoms with van der Waals surface area (Å²) in [5.41, 5.74) is 3.96. The summed E-state index contributed by atoms with van der Waals surface area (Å²) in [5, 5.41) is 5.41. The maximum absolute atomic E-state index is 12.5. The molecule has 0 bridgehead atoms. The maximum atomic E-state index is 12.5. The van der Waals surface area contributed by atoms with E-state index in [1.807, 2.05) is 38.1 Å². The van der Waals surface area contributed by atoms with Crippen molar-refractivity contribution in [1.29, 1.82) is 0 Å². The highest BCUT2D eigenvalue weighted by Crippen LogP contribution is 2.30. The quantitative estimate of drug-likeness (QED) is 0.610. The summed E-state index contributed by atoms with van der Waals surface area (Å²) >= 11 is 0. The zero-order valence-electron chi connectivity index (χ0n) is 15.8. The van der Waals surface area contributed by atoms with Crippen molar-refractivity contribution in [1.82, 2.24) is 4.57 Å². The number of carbonyl (C=O) groups is 1. The van der Waals surface area contributed by atoms with E-state index in [4.69, 9.17) is 0 Å². The SMILES string of the molecule is CC.Cn1c2ccccc2c2cc(NC(=O)C3=CCCCC=C3)ccc21. The van der Waals surface area contributed by atoms with Crippen molar-refractivity contribution in [3.8, 4) is 0 Å². The highest BCUT2D eigenvalue weighted by atomic mass is 16.1. The van der Waals surface area contributed by atoms with Gasteiger partial charge in [0, 0.05) is 40.1 Å². The molecule has 1 heterocycles. The number of rotatable bonds is 2. The number of benzene rings is 2. The van der Waals surface area contributed by atoms with E-state index >= 15 is 0 Å². The van der Waals surface area contributed by atoms with Gasteiger partial charge in [-0.2, -0.15) is 0 Å². The summed E-state index contributed by atoms with van der Waals surface area (Å²) < 4.78 is 2.19. The third-order valence-electron chi connectivity index (χ3n) is 4.67. The van der Waals surface area contributed by atoms with E-state index in [9.17, 15) is 4.79 Å². The first-order chi connectivity index (χ1) is 12.7. The topological polar surface area (TPSA) is 34.0 Å². The number of fused-ring (bicyclic) bond motifs is 3. The number of nitrogens with zero attached hydrogens (tertiary/aromatic N) is 1. The second-order valence-corrected chi connectivity index (χ2v) is 6.25. The number of aromatic nitrogens is 1. The molecule has 1 aliphatic carbocycles. The number of hydrogen-bond acceptors (Lipinski definition) is 1. The van der Waals surface area contributed by atoms with E-state index in [1.54, 1.807) is 0 Å². The van der Waals surface area contributed by atoms with Crippen LogP contribution in [0.15, 0.2) is 66.3 Å². The Labute approximate surface area is 155 Å². The Morgan fingerprint density at radius 2 is 1.77 bits per heavy atom. The number of allylic oxidation sites excluding steroid dienone is 2. The molecule has 0 saturated carbocycles. The fourth-order valence-corrected chi connectivity index (χ4v) is 3.39. The second kappa shape index (κ2) is 8.05. The van der Waals surface area contributed by atoms with E-state index in [-0.39, 0.29) is 5.91 Å². The number of anilines is 1. The van der Waals surface area contributed by atoms with Crippen molar-refractivity contribution >= 4 is 33.4 Å². The lowest BCUT2D eigenvalue weighted by atomic mass is 10.1. The van der Waals surface area contributed by atoms with Crippen LogP contribution in [0.3, 0.4) is 0 Å². The van der Waals surface area contributed by atoms with Gasteiger partial charge in [-0.25, -0.2) is 0 Å². The van der Waals surface area contributed by atoms with Crippen molar-refractivity contribution in [3.05, 3.63) is 66.3 Å². The van der Waals surface area contributed by atoms with Gasteiger partial charge in [0.15, 0.2) is 0 Å².